The Balaban J connectivity index is 3.35. The van der Waals surface area contributed by atoms with Gasteiger partial charge in [-0.15, -0.1) is 6.42 Å². The Kier molecular flexibility index (Phi) is 4.40. The van der Waals surface area contributed by atoms with Gasteiger partial charge in [0.15, 0.2) is 0 Å². The molecule has 0 fully saturated rings. The van der Waals surface area contributed by atoms with E-state index >= 15 is 0 Å². The number of carbonyl (C=O) groups is 1. The van der Waals surface area contributed by atoms with Crippen LogP contribution in [0.25, 0.3) is 0 Å². The van der Waals surface area contributed by atoms with Crippen molar-refractivity contribution >= 4 is 5.97 Å². The first-order valence-corrected chi connectivity index (χ1v) is 5.18. The van der Waals surface area contributed by atoms with E-state index in [1.165, 1.54) is 13.0 Å². The summed E-state index contributed by atoms with van der Waals surface area (Å²) in [6.07, 6.45) is 5.08. The third kappa shape index (κ3) is 2.49. The number of hydrogen-bond donors (Lipinski definition) is 1. The molecule has 18 heavy (non-hydrogen) atoms. The molecule has 5 heteroatoms. The van der Waals surface area contributed by atoms with Crippen molar-refractivity contribution in [3.05, 3.63) is 35.4 Å². The first kappa shape index (κ1) is 14.1. The number of terminal acetylenes is 1. The number of nitrogens with one attached hydrogen (secondary N) is 1. The van der Waals surface area contributed by atoms with Gasteiger partial charge in [0.05, 0.1) is 19.2 Å². The molecule has 1 rings (SSSR count). The quantitative estimate of drug-likeness (QED) is 0.654. The predicted molar refractivity (Wildman–Crippen MR) is 62.6 cm³/mol. The number of esters is 1. The van der Waals surface area contributed by atoms with Crippen LogP contribution in [0.5, 0.6) is 0 Å². The van der Waals surface area contributed by atoms with Gasteiger partial charge in [-0.25, -0.2) is 13.6 Å². The molecule has 1 atom stereocenters. The van der Waals surface area contributed by atoms with Crippen LogP contribution in [0, 0.1) is 24.0 Å². The molecule has 0 amide bonds. The van der Waals surface area contributed by atoms with Crippen LogP contribution >= 0.6 is 0 Å². The monoisotopic (exact) mass is 253 g/mol. The number of ether oxygens (including phenoxy) is 1. The Morgan fingerprint density at radius 3 is 2.50 bits per heavy atom. The van der Waals surface area contributed by atoms with E-state index in [1.807, 2.05) is 0 Å². The summed E-state index contributed by atoms with van der Waals surface area (Å²) in [6, 6.07) is 3.35. The van der Waals surface area contributed by atoms with E-state index in [0.29, 0.717) is 0 Å². The minimum Gasteiger partial charge on any atom is -0.467 e. The molecule has 3 nitrogen and oxygen atoms in total. The molecule has 0 saturated heterocycles. The maximum atomic E-state index is 13.7. The van der Waals surface area contributed by atoms with Crippen molar-refractivity contribution in [2.24, 2.45) is 0 Å². The number of methoxy groups -OCH3 is 1. The maximum absolute atomic E-state index is 13.7. The lowest BCUT2D eigenvalue weighted by Gasteiger charge is -2.28. The molecular weight excluding hydrogens is 240 g/mol. The fraction of sp³-hybridized carbons (Fsp3) is 0.308. The van der Waals surface area contributed by atoms with Crippen molar-refractivity contribution in [1.29, 1.82) is 0 Å². The van der Waals surface area contributed by atoms with Crippen LogP contribution in [-0.4, -0.2) is 19.6 Å². The summed E-state index contributed by atoms with van der Waals surface area (Å²) in [6.45, 7) is 1.29. The first-order valence-electron chi connectivity index (χ1n) is 5.18. The van der Waals surface area contributed by atoms with Gasteiger partial charge >= 0.3 is 5.97 Å². The van der Waals surface area contributed by atoms with Crippen LogP contribution in [0.3, 0.4) is 0 Å². The second-order valence-electron chi connectivity index (χ2n) is 3.77. The van der Waals surface area contributed by atoms with Crippen molar-refractivity contribution in [3.8, 4) is 12.3 Å². The van der Waals surface area contributed by atoms with Gasteiger partial charge < -0.3 is 4.74 Å². The van der Waals surface area contributed by atoms with E-state index in [4.69, 9.17) is 6.42 Å². The molecule has 96 valence electrons. The molecule has 0 saturated carbocycles. The van der Waals surface area contributed by atoms with Crippen LogP contribution in [0.1, 0.15) is 12.5 Å². The van der Waals surface area contributed by atoms with Gasteiger partial charge in [0.25, 0.3) is 0 Å². The summed E-state index contributed by atoms with van der Waals surface area (Å²) in [4.78, 5) is 11.8. The van der Waals surface area contributed by atoms with E-state index in [0.717, 1.165) is 19.2 Å². The van der Waals surface area contributed by atoms with E-state index in [-0.39, 0.29) is 6.54 Å². The lowest BCUT2D eigenvalue weighted by molar-refractivity contribution is -0.148. The highest BCUT2D eigenvalue weighted by Crippen LogP contribution is 2.27. The number of rotatable bonds is 4. The van der Waals surface area contributed by atoms with Crippen molar-refractivity contribution < 1.29 is 18.3 Å². The highest BCUT2D eigenvalue weighted by Gasteiger charge is 2.40. The molecule has 1 aromatic rings. The summed E-state index contributed by atoms with van der Waals surface area (Å²) in [5.41, 5.74) is -2.08. The van der Waals surface area contributed by atoms with Gasteiger partial charge in [-0.2, -0.15) is 0 Å². The molecule has 0 heterocycles. The molecule has 0 aromatic heterocycles. The zero-order valence-corrected chi connectivity index (χ0v) is 10.1. The molecule has 0 radical (unpaired) electrons. The Morgan fingerprint density at radius 1 is 1.50 bits per heavy atom. The summed E-state index contributed by atoms with van der Waals surface area (Å²) in [5, 5.41) is 2.60. The smallest absolute Gasteiger partial charge is 0.330 e. The first-order chi connectivity index (χ1) is 8.47. The molecule has 0 aliphatic heterocycles. The van der Waals surface area contributed by atoms with Crippen LogP contribution in [0.2, 0.25) is 0 Å². The minimum absolute atomic E-state index is 0.0284. The molecule has 0 spiro atoms. The van der Waals surface area contributed by atoms with Gasteiger partial charge in [0.1, 0.15) is 17.2 Å². The highest BCUT2D eigenvalue weighted by molar-refractivity contribution is 5.82. The van der Waals surface area contributed by atoms with Gasteiger partial charge in [-0.1, -0.05) is 12.0 Å². The fourth-order valence-electron chi connectivity index (χ4n) is 1.67. The van der Waals surface area contributed by atoms with Crippen LogP contribution in [-0.2, 0) is 15.1 Å². The van der Waals surface area contributed by atoms with Crippen molar-refractivity contribution in [3.63, 3.8) is 0 Å². The summed E-state index contributed by atoms with van der Waals surface area (Å²) >= 11 is 0. The lowest BCUT2D eigenvalue weighted by Crippen LogP contribution is -2.48. The molecule has 1 unspecified atom stereocenters. The number of benzene rings is 1. The second-order valence-corrected chi connectivity index (χ2v) is 3.77. The van der Waals surface area contributed by atoms with Gasteiger partial charge in [0.2, 0.25) is 0 Å². The highest BCUT2D eigenvalue weighted by atomic mass is 19.1. The topological polar surface area (TPSA) is 38.3 Å². The van der Waals surface area contributed by atoms with Crippen LogP contribution in [0.4, 0.5) is 8.78 Å². The van der Waals surface area contributed by atoms with Crippen molar-refractivity contribution in [2.75, 3.05) is 13.7 Å². The van der Waals surface area contributed by atoms with Crippen molar-refractivity contribution in [1.82, 2.24) is 5.32 Å². The molecule has 0 aliphatic carbocycles. The third-order valence-electron chi connectivity index (χ3n) is 2.60. The molecular formula is C13H13F2NO2. The Bertz CT molecular complexity index is 476. The number of carbonyl (C=O) groups excluding carboxylic acids is 1. The number of halogens is 2. The third-order valence-corrected chi connectivity index (χ3v) is 2.60. The average molecular weight is 253 g/mol. The minimum atomic E-state index is -1.67. The van der Waals surface area contributed by atoms with Crippen LogP contribution in [0.15, 0.2) is 18.2 Å². The summed E-state index contributed by atoms with van der Waals surface area (Å²) in [5.74, 6) is -0.251. The maximum Gasteiger partial charge on any atom is 0.330 e. The Morgan fingerprint density at radius 2 is 2.06 bits per heavy atom. The standard InChI is InChI=1S/C13H13F2NO2/c1-4-8-16-13(2,12(17)18-3)11-9(14)6-5-7-10(11)15/h1,5-7,16H,8H2,2-3H3. The molecule has 1 aromatic carbocycles. The summed E-state index contributed by atoms with van der Waals surface area (Å²) in [7, 11) is 1.14. The second kappa shape index (κ2) is 5.61. The molecule has 0 aliphatic rings. The Labute approximate surface area is 104 Å². The van der Waals surface area contributed by atoms with Crippen molar-refractivity contribution in [2.45, 2.75) is 12.5 Å². The zero-order valence-electron chi connectivity index (χ0n) is 10.1. The zero-order chi connectivity index (χ0) is 13.8. The van der Waals surface area contributed by atoms with E-state index < -0.39 is 28.7 Å². The van der Waals surface area contributed by atoms with Gasteiger partial charge in [-0.3, -0.25) is 5.32 Å². The largest absolute Gasteiger partial charge is 0.467 e. The summed E-state index contributed by atoms with van der Waals surface area (Å²) < 4.78 is 32.0. The van der Waals surface area contributed by atoms with Gasteiger partial charge in [0, 0.05) is 0 Å². The fourth-order valence-corrected chi connectivity index (χ4v) is 1.67. The lowest BCUT2D eigenvalue weighted by atomic mass is 9.91. The van der Waals surface area contributed by atoms with Crippen LogP contribution < -0.4 is 5.32 Å². The van der Waals surface area contributed by atoms with Gasteiger partial charge in [-0.05, 0) is 19.1 Å². The average Bonchev–Trinajstić information content (AvgIpc) is 2.35. The van der Waals surface area contributed by atoms with E-state index in [1.54, 1.807) is 0 Å². The molecule has 0 bridgehead atoms. The number of hydrogen-bond acceptors (Lipinski definition) is 3. The Hall–Kier alpha value is -1.93. The normalized spacial score (nSPS) is 13.5. The SMILES string of the molecule is C#CCNC(C)(C(=O)OC)c1c(F)cccc1F. The van der Waals surface area contributed by atoms with E-state index in [9.17, 15) is 13.6 Å². The van der Waals surface area contributed by atoms with E-state index in [2.05, 4.69) is 16.0 Å². The molecule has 1 N–H and O–H groups in total. The predicted octanol–water partition coefficient (Wildman–Crippen LogP) is 1.58.